The second kappa shape index (κ2) is 9.20. The van der Waals surface area contributed by atoms with Crippen molar-refractivity contribution in [2.75, 3.05) is 11.9 Å². The molecular formula is C19H21ClN2O4. The van der Waals surface area contributed by atoms with Crippen molar-refractivity contribution in [2.45, 2.75) is 32.8 Å². The zero-order valence-electron chi connectivity index (χ0n) is 14.9. The second-order valence-corrected chi connectivity index (χ2v) is 6.30. The van der Waals surface area contributed by atoms with Crippen LogP contribution < -0.4 is 10.1 Å². The fraction of sp³-hybridized carbons (Fsp3) is 0.316. The van der Waals surface area contributed by atoms with E-state index in [-0.39, 0.29) is 17.7 Å². The van der Waals surface area contributed by atoms with E-state index in [1.165, 1.54) is 13.1 Å². The number of benzene rings is 1. The molecule has 2 aromatic rings. The summed E-state index contributed by atoms with van der Waals surface area (Å²) in [6.45, 7) is 5.27. The number of para-hydroxylation sites is 1. The van der Waals surface area contributed by atoms with E-state index >= 15 is 0 Å². The molecule has 0 radical (unpaired) electrons. The Kier molecular flexibility index (Phi) is 6.97. The fourth-order valence-electron chi connectivity index (χ4n) is 2.22. The van der Waals surface area contributed by atoms with E-state index < -0.39 is 18.0 Å². The Morgan fingerprint density at radius 2 is 1.88 bits per heavy atom. The Hall–Kier alpha value is -2.60. The number of ether oxygens (including phenoxy) is 2. The summed E-state index contributed by atoms with van der Waals surface area (Å²) in [6.07, 6.45) is 0.510. The van der Waals surface area contributed by atoms with Crippen LogP contribution in [0.3, 0.4) is 0 Å². The van der Waals surface area contributed by atoms with E-state index in [1.807, 2.05) is 32.0 Å². The van der Waals surface area contributed by atoms with Crippen molar-refractivity contribution in [3.05, 3.63) is 53.3 Å². The first-order chi connectivity index (χ1) is 12.4. The molecular weight excluding hydrogens is 356 g/mol. The molecule has 1 heterocycles. The van der Waals surface area contributed by atoms with Crippen molar-refractivity contribution < 1.29 is 19.1 Å². The topological polar surface area (TPSA) is 77.5 Å². The highest BCUT2D eigenvalue weighted by molar-refractivity contribution is 6.32. The molecule has 0 fully saturated rings. The van der Waals surface area contributed by atoms with Crippen LogP contribution in [0.1, 0.15) is 32.3 Å². The third kappa shape index (κ3) is 5.46. The molecule has 0 saturated carbocycles. The van der Waals surface area contributed by atoms with Gasteiger partial charge in [0.2, 0.25) is 0 Å². The van der Waals surface area contributed by atoms with Crippen molar-refractivity contribution in [1.29, 1.82) is 0 Å². The van der Waals surface area contributed by atoms with E-state index in [1.54, 1.807) is 18.2 Å². The van der Waals surface area contributed by atoms with E-state index in [4.69, 9.17) is 21.1 Å². The first-order valence-corrected chi connectivity index (χ1v) is 8.59. The van der Waals surface area contributed by atoms with Gasteiger partial charge in [0, 0.05) is 6.20 Å². The summed E-state index contributed by atoms with van der Waals surface area (Å²) in [6, 6.07) is 10.7. The lowest BCUT2D eigenvalue weighted by Gasteiger charge is -2.16. The fourth-order valence-corrected chi connectivity index (χ4v) is 2.39. The van der Waals surface area contributed by atoms with E-state index in [0.29, 0.717) is 11.4 Å². The van der Waals surface area contributed by atoms with Crippen LogP contribution in [0.4, 0.5) is 5.69 Å². The summed E-state index contributed by atoms with van der Waals surface area (Å²) in [7, 11) is 0. The molecule has 26 heavy (non-hydrogen) atoms. The van der Waals surface area contributed by atoms with Crippen LogP contribution in [0.15, 0.2) is 42.6 Å². The van der Waals surface area contributed by atoms with Gasteiger partial charge in [-0.05, 0) is 36.6 Å². The lowest BCUT2D eigenvalue weighted by Crippen LogP contribution is -2.31. The van der Waals surface area contributed by atoms with Crippen molar-refractivity contribution in [3.63, 3.8) is 0 Å². The smallest absolute Gasteiger partial charge is 0.344 e. The molecule has 6 nitrogen and oxygen atoms in total. The number of amides is 1. The molecule has 1 aromatic heterocycles. The zero-order valence-corrected chi connectivity index (χ0v) is 15.6. The molecule has 1 aromatic carbocycles. The lowest BCUT2D eigenvalue weighted by atomic mass is 10.0. The number of halogens is 1. The molecule has 1 amide bonds. The Bertz CT molecular complexity index is 780. The van der Waals surface area contributed by atoms with Crippen LogP contribution in [0, 0.1) is 0 Å². The molecule has 0 unspecified atom stereocenters. The largest absolute Gasteiger partial charge is 0.482 e. The summed E-state index contributed by atoms with van der Waals surface area (Å²) < 4.78 is 10.6. The first kappa shape index (κ1) is 19.7. The quantitative estimate of drug-likeness (QED) is 0.587. The predicted octanol–water partition coefficient (Wildman–Crippen LogP) is 3.81. The molecule has 0 aliphatic rings. The van der Waals surface area contributed by atoms with Gasteiger partial charge in [-0.15, -0.1) is 0 Å². The van der Waals surface area contributed by atoms with Crippen LogP contribution in [-0.4, -0.2) is 29.6 Å². The van der Waals surface area contributed by atoms with Gasteiger partial charge < -0.3 is 14.8 Å². The van der Waals surface area contributed by atoms with Crippen LogP contribution in [-0.2, 0) is 14.3 Å². The maximum atomic E-state index is 12.1. The van der Waals surface area contributed by atoms with Crippen molar-refractivity contribution in [2.24, 2.45) is 0 Å². The Labute approximate surface area is 157 Å². The lowest BCUT2D eigenvalue weighted by molar-refractivity contribution is -0.155. The number of anilines is 1. The second-order valence-electron chi connectivity index (χ2n) is 5.94. The van der Waals surface area contributed by atoms with Gasteiger partial charge in [0.05, 0.1) is 5.69 Å². The molecule has 0 spiro atoms. The normalized spacial score (nSPS) is 11.7. The number of rotatable bonds is 7. The molecule has 0 saturated heterocycles. The van der Waals surface area contributed by atoms with Gasteiger partial charge >= 0.3 is 5.97 Å². The summed E-state index contributed by atoms with van der Waals surface area (Å²) in [5.74, 6) is -0.255. The van der Waals surface area contributed by atoms with Gasteiger partial charge in [-0.25, -0.2) is 9.78 Å². The average molecular weight is 377 g/mol. The summed E-state index contributed by atoms with van der Waals surface area (Å²) in [4.78, 5) is 27.9. The van der Waals surface area contributed by atoms with Gasteiger partial charge in [0.1, 0.15) is 5.75 Å². The molecule has 1 N–H and O–H groups in total. The SMILES string of the molecule is CC(C)c1ccccc1OCC(=O)O[C@@H](C)C(=O)Nc1cccnc1Cl. The Morgan fingerprint density at radius 3 is 2.58 bits per heavy atom. The van der Waals surface area contributed by atoms with Crippen LogP contribution in [0.5, 0.6) is 5.75 Å². The molecule has 0 aliphatic carbocycles. The molecule has 2 rings (SSSR count). The highest BCUT2D eigenvalue weighted by atomic mass is 35.5. The highest BCUT2D eigenvalue weighted by Crippen LogP contribution is 2.25. The molecule has 1 atom stereocenters. The van der Waals surface area contributed by atoms with Crippen molar-refractivity contribution >= 4 is 29.2 Å². The highest BCUT2D eigenvalue weighted by Gasteiger charge is 2.19. The number of hydrogen-bond acceptors (Lipinski definition) is 5. The van der Waals surface area contributed by atoms with E-state index in [9.17, 15) is 9.59 Å². The molecule has 0 aliphatic heterocycles. The number of carbonyl (C=O) groups excluding carboxylic acids is 2. The summed E-state index contributed by atoms with van der Waals surface area (Å²) in [5.41, 5.74) is 1.35. The first-order valence-electron chi connectivity index (χ1n) is 8.21. The standard InChI is InChI=1S/C19H21ClN2O4/c1-12(2)14-7-4-5-9-16(14)25-11-17(23)26-13(3)19(24)22-15-8-6-10-21-18(15)20/h4-10,12-13H,11H2,1-3H3,(H,22,24)/t13-/m0/s1. The average Bonchev–Trinajstić information content (AvgIpc) is 2.62. The number of nitrogens with zero attached hydrogens (tertiary/aromatic N) is 1. The number of pyridine rings is 1. The molecule has 7 heteroatoms. The van der Waals surface area contributed by atoms with Gasteiger partial charge in [0.25, 0.3) is 5.91 Å². The number of aromatic nitrogens is 1. The van der Waals surface area contributed by atoms with Crippen molar-refractivity contribution in [3.8, 4) is 5.75 Å². The van der Waals surface area contributed by atoms with Gasteiger partial charge in [-0.1, -0.05) is 43.6 Å². The minimum Gasteiger partial charge on any atom is -0.482 e. The minimum absolute atomic E-state index is 0.160. The third-order valence-corrected chi connectivity index (χ3v) is 3.88. The van der Waals surface area contributed by atoms with Gasteiger partial charge in [0.15, 0.2) is 17.9 Å². The summed E-state index contributed by atoms with van der Waals surface area (Å²) >= 11 is 5.88. The number of carbonyl (C=O) groups is 2. The number of nitrogens with one attached hydrogen (secondary N) is 1. The van der Waals surface area contributed by atoms with Crippen LogP contribution in [0.25, 0.3) is 0 Å². The Morgan fingerprint density at radius 1 is 1.15 bits per heavy atom. The summed E-state index contributed by atoms with van der Waals surface area (Å²) in [5, 5.41) is 2.72. The van der Waals surface area contributed by atoms with E-state index in [0.717, 1.165) is 5.56 Å². The number of hydrogen-bond donors (Lipinski definition) is 1. The number of esters is 1. The molecule has 138 valence electrons. The van der Waals surface area contributed by atoms with Crippen LogP contribution in [0.2, 0.25) is 5.15 Å². The van der Waals surface area contributed by atoms with Crippen molar-refractivity contribution in [1.82, 2.24) is 4.98 Å². The third-order valence-electron chi connectivity index (χ3n) is 3.58. The molecule has 0 bridgehead atoms. The monoisotopic (exact) mass is 376 g/mol. The van der Waals surface area contributed by atoms with Gasteiger partial charge in [-0.3, -0.25) is 4.79 Å². The predicted molar refractivity (Wildman–Crippen MR) is 99.5 cm³/mol. The zero-order chi connectivity index (χ0) is 19.1. The Balaban J connectivity index is 1.87. The van der Waals surface area contributed by atoms with Crippen LogP contribution >= 0.6 is 11.6 Å². The maximum Gasteiger partial charge on any atom is 0.344 e. The van der Waals surface area contributed by atoms with E-state index in [2.05, 4.69) is 10.3 Å². The van der Waals surface area contributed by atoms with Gasteiger partial charge in [-0.2, -0.15) is 0 Å². The maximum absolute atomic E-state index is 12.1. The minimum atomic E-state index is -0.997.